The molecule has 4 heterocycles. The summed E-state index contributed by atoms with van der Waals surface area (Å²) in [5.74, 6) is -5.45. The average Bonchev–Trinajstić information content (AvgIpc) is 3.16. The van der Waals surface area contributed by atoms with Crippen molar-refractivity contribution >= 4 is 29.8 Å². The second-order valence-corrected chi connectivity index (χ2v) is 12.5. The van der Waals surface area contributed by atoms with E-state index in [9.17, 15) is 29.1 Å². The van der Waals surface area contributed by atoms with Crippen molar-refractivity contribution in [3.8, 4) is 0 Å². The van der Waals surface area contributed by atoms with Crippen molar-refractivity contribution < 1.29 is 71.7 Å². The van der Waals surface area contributed by atoms with Gasteiger partial charge in [-0.15, -0.1) is 0 Å². The van der Waals surface area contributed by atoms with E-state index in [1.165, 1.54) is 6.92 Å². The van der Waals surface area contributed by atoms with E-state index < -0.39 is 102 Å². The molecule has 8 rings (SSSR count). The number of carbonyl (C=O) groups excluding carboxylic acids is 5. The van der Waals surface area contributed by atoms with Crippen molar-refractivity contribution in [3.05, 3.63) is 35.9 Å². The van der Waals surface area contributed by atoms with Crippen LogP contribution in [0.3, 0.4) is 0 Å². The standard InChI is InChI=1S/C31H36O15/c1-15(33)39-22-20(12-32)42-26(24(41-17(3)35)23(22)40-16(2)34)44-31-11-21-29(31,14-38-25(37)19-9-7-6-8-10-19)27-45-28(31,5)13-30(21,46-27)43-18(4)36/h6-10,20-24,26-27,32H,11-14H2,1-5H3/t20-,21-,22-,23+,24-,26+,27-,28+,29+,30-,31-/m1/s1. The highest BCUT2D eigenvalue weighted by Crippen LogP contribution is 2.82. The Hall–Kier alpha value is -3.63. The van der Waals surface area contributed by atoms with Crippen LogP contribution in [0.2, 0.25) is 0 Å². The molecular formula is C31H36O15. The normalized spacial score (nSPS) is 41.2. The fourth-order valence-corrected chi connectivity index (χ4v) is 8.15. The van der Waals surface area contributed by atoms with Crippen LogP contribution in [0.4, 0.5) is 0 Å². The molecule has 4 saturated heterocycles. The smallest absolute Gasteiger partial charge is 0.338 e. The Bertz CT molecular complexity index is 1430. The molecular weight excluding hydrogens is 612 g/mol. The van der Waals surface area contributed by atoms with Crippen LogP contribution >= 0.6 is 0 Å². The Morgan fingerprint density at radius 3 is 2.11 bits per heavy atom. The number of hydrogen-bond donors (Lipinski definition) is 1. The maximum atomic E-state index is 13.1. The Balaban J connectivity index is 1.39. The summed E-state index contributed by atoms with van der Waals surface area (Å²) in [4.78, 5) is 61.9. The van der Waals surface area contributed by atoms with Crippen LogP contribution in [0.15, 0.2) is 30.3 Å². The number of aliphatic hydroxyl groups is 1. The topological polar surface area (TPSA) is 189 Å². The van der Waals surface area contributed by atoms with Gasteiger partial charge >= 0.3 is 29.8 Å². The van der Waals surface area contributed by atoms with E-state index in [4.69, 9.17) is 42.6 Å². The van der Waals surface area contributed by atoms with Crippen molar-refractivity contribution in [2.24, 2.45) is 11.3 Å². The van der Waals surface area contributed by atoms with Gasteiger partial charge in [0.15, 0.2) is 30.9 Å². The second kappa shape index (κ2) is 11.3. The van der Waals surface area contributed by atoms with E-state index >= 15 is 0 Å². The van der Waals surface area contributed by atoms with Gasteiger partial charge in [0, 0.05) is 40.0 Å². The SMILES string of the molecule is CC(=O)O[C@@H]1[C@@H](OC(C)=O)[C@H](O[C@]23C[C@H]4[C@@]5(OC(C)=O)C[C@]2(C)O[C@H](O5)[C@]43COC(=O)c2ccccc2)O[C@H](CO)[C@H]1OC(C)=O. The molecule has 0 unspecified atom stereocenters. The minimum atomic E-state index is -1.51. The summed E-state index contributed by atoms with van der Waals surface area (Å²) in [5.41, 5.74) is -3.51. The fourth-order valence-electron chi connectivity index (χ4n) is 8.15. The molecule has 3 aliphatic carbocycles. The molecule has 46 heavy (non-hydrogen) atoms. The lowest BCUT2D eigenvalue weighted by Crippen LogP contribution is -2.81. The molecule has 6 bridgehead atoms. The minimum Gasteiger partial charge on any atom is -0.461 e. The van der Waals surface area contributed by atoms with E-state index in [0.717, 1.165) is 20.8 Å². The van der Waals surface area contributed by atoms with Gasteiger partial charge in [-0.25, -0.2) is 4.79 Å². The van der Waals surface area contributed by atoms with Crippen molar-refractivity contribution in [2.75, 3.05) is 13.2 Å². The molecule has 0 aromatic heterocycles. The molecule has 11 atom stereocenters. The number of ether oxygens (including phenoxy) is 9. The first-order chi connectivity index (χ1) is 21.7. The Morgan fingerprint density at radius 2 is 1.50 bits per heavy atom. The van der Waals surface area contributed by atoms with Crippen LogP contribution in [0, 0.1) is 11.3 Å². The van der Waals surface area contributed by atoms with Crippen molar-refractivity contribution in [2.45, 2.75) is 101 Å². The number of benzene rings is 1. The molecule has 15 nitrogen and oxygen atoms in total. The van der Waals surface area contributed by atoms with Gasteiger partial charge in [-0.2, -0.15) is 0 Å². The number of esters is 5. The number of aliphatic hydroxyl groups excluding tert-OH is 1. The first-order valence-electron chi connectivity index (χ1n) is 14.9. The van der Waals surface area contributed by atoms with Crippen LogP contribution in [0.5, 0.6) is 0 Å². The van der Waals surface area contributed by atoms with Crippen LogP contribution in [-0.4, -0.2) is 102 Å². The van der Waals surface area contributed by atoms with E-state index in [2.05, 4.69) is 0 Å². The van der Waals surface area contributed by atoms with Gasteiger partial charge in [0.1, 0.15) is 23.9 Å². The third kappa shape index (κ3) is 4.70. The Morgan fingerprint density at radius 1 is 0.870 bits per heavy atom. The molecule has 0 amide bonds. The van der Waals surface area contributed by atoms with Gasteiger partial charge in [0.05, 0.1) is 17.6 Å². The van der Waals surface area contributed by atoms with Gasteiger partial charge in [-0.05, 0) is 25.5 Å². The van der Waals surface area contributed by atoms with Gasteiger partial charge in [-0.3, -0.25) is 19.2 Å². The molecule has 250 valence electrons. The monoisotopic (exact) mass is 648 g/mol. The first kappa shape index (κ1) is 32.3. The zero-order valence-electron chi connectivity index (χ0n) is 25.9. The van der Waals surface area contributed by atoms with Crippen LogP contribution in [-0.2, 0) is 61.8 Å². The summed E-state index contributed by atoms with van der Waals surface area (Å²) in [6.07, 6.45) is -7.87. The van der Waals surface area contributed by atoms with E-state index in [0.29, 0.717) is 5.56 Å². The van der Waals surface area contributed by atoms with Crippen LogP contribution < -0.4 is 0 Å². The van der Waals surface area contributed by atoms with E-state index in [1.54, 1.807) is 37.3 Å². The molecule has 1 aromatic rings. The summed E-state index contributed by atoms with van der Waals surface area (Å²) in [7, 11) is 0. The minimum absolute atomic E-state index is 0.0486. The number of carbonyl (C=O) groups is 5. The highest BCUT2D eigenvalue weighted by molar-refractivity contribution is 5.89. The van der Waals surface area contributed by atoms with Crippen molar-refractivity contribution in [1.82, 2.24) is 0 Å². The lowest BCUT2D eigenvalue weighted by Gasteiger charge is -2.68. The van der Waals surface area contributed by atoms with Crippen molar-refractivity contribution in [1.29, 1.82) is 0 Å². The molecule has 15 heteroatoms. The van der Waals surface area contributed by atoms with Gasteiger partial charge in [0.25, 0.3) is 0 Å². The quantitative estimate of drug-likeness (QED) is 0.278. The highest BCUT2D eigenvalue weighted by atomic mass is 16.8. The van der Waals surface area contributed by atoms with Gasteiger partial charge in [0.2, 0.25) is 5.79 Å². The Labute approximate surface area is 263 Å². The predicted octanol–water partition coefficient (Wildman–Crippen LogP) is 0.926. The molecule has 1 N–H and O–H groups in total. The fraction of sp³-hybridized carbons (Fsp3) is 0.645. The summed E-state index contributed by atoms with van der Waals surface area (Å²) in [6.45, 7) is 5.43. The third-order valence-corrected chi connectivity index (χ3v) is 9.69. The largest absolute Gasteiger partial charge is 0.461 e. The van der Waals surface area contributed by atoms with E-state index in [1.807, 2.05) is 0 Å². The van der Waals surface area contributed by atoms with Crippen molar-refractivity contribution in [3.63, 3.8) is 0 Å². The summed E-state index contributed by atoms with van der Waals surface area (Å²) < 4.78 is 53.7. The summed E-state index contributed by atoms with van der Waals surface area (Å²) >= 11 is 0. The maximum absolute atomic E-state index is 13.1. The molecule has 0 radical (unpaired) electrons. The zero-order valence-corrected chi connectivity index (χ0v) is 25.9. The number of rotatable bonds is 10. The molecule has 1 aromatic carbocycles. The highest BCUT2D eigenvalue weighted by Gasteiger charge is 2.96. The first-order valence-corrected chi connectivity index (χ1v) is 14.9. The Kier molecular flexibility index (Phi) is 7.91. The van der Waals surface area contributed by atoms with Gasteiger partial charge < -0.3 is 47.7 Å². The van der Waals surface area contributed by atoms with Gasteiger partial charge in [-0.1, -0.05) is 18.2 Å². The average molecular weight is 649 g/mol. The molecule has 7 fully saturated rings. The van der Waals surface area contributed by atoms with Crippen LogP contribution in [0.25, 0.3) is 0 Å². The summed E-state index contributed by atoms with van der Waals surface area (Å²) in [5, 5.41) is 10.3. The lowest BCUT2D eigenvalue weighted by atomic mass is 9.41. The van der Waals surface area contributed by atoms with Crippen LogP contribution in [0.1, 0.15) is 57.8 Å². The maximum Gasteiger partial charge on any atom is 0.338 e. The molecule has 3 saturated carbocycles. The van der Waals surface area contributed by atoms with E-state index in [-0.39, 0.29) is 19.4 Å². The predicted molar refractivity (Wildman–Crippen MR) is 147 cm³/mol. The molecule has 0 spiro atoms. The molecule has 7 aliphatic rings. The summed E-state index contributed by atoms with van der Waals surface area (Å²) in [6, 6.07) is 8.35. The molecule has 4 aliphatic heterocycles. The second-order valence-electron chi connectivity index (χ2n) is 12.5. The lowest BCUT2D eigenvalue weighted by molar-refractivity contribution is -0.423. The number of hydrogen-bond acceptors (Lipinski definition) is 15. The third-order valence-electron chi connectivity index (χ3n) is 9.69. The zero-order chi connectivity index (χ0) is 33.2.